The van der Waals surface area contributed by atoms with Crippen LogP contribution in [0.2, 0.25) is 0 Å². The summed E-state index contributed by atoms with van der Waals surface area (Å²) in [6, 6.07) is 10.8. The van der Waals surface area contributed by atoms with Crippen molar-refractivity contribution >= 4 is 11.8 Å². The number of unbranched alkanes of at least 4 members (excludes halogenated alkanes) is 1. The second-order valence-corrected chi connectivity index (χ2v) is 6.06. The molecule has 0 aliphatic carbocycles. The molecule has 1 saturated heterocycles. The first-order chi connectivity index (χ1) is 8.95. The van der Waals surface area contributed by atoms with Gasteiger partial charge in [-0.15, -0.1) is 0 Å². The van der Waals surface area contributed by atoms with Gasteiger partial charge in [0.05, 0.1) is 0 Å². The lowest BCUT2D eigenvalue weighted by Gasteiger charge is -2.26. The molecule has 1 heterocycles. The van der Waals surface area contributed by atoms with Crippen molar-refractivity contribution in [2.45, 2.75) is 31.4 Å². The quantitative estimate of drug-likeness (QED) is 0.683. The van der Waals surface area contributed by atoms with Gasteiger partial charge in [0.1, 0.15) is 0 Å². The summed E-state index contributed by atoms with van der Waals surface area (Å²) < 4.78 is 0. The van der Waals surface area contributed by atoms with Crippen molar-refractivity contribution in [1.29, 1.82) is 0 Å². The first kappa shape index (κ1) is 14.0. The number of thioether (sulfide) groups is 1. The zero-order valence-electron chi connectivity index (χ0n) is 11.2. The predicted octanol–water partition coefficient (Wildman–Crippen LogP) is 4.00. The Hall–Kier alpha value is -0.470. The first-order valence-corrected chi connectivity index (χ1v) is 8.26. The average Bonchev–Trinajstić information content (AvgIpc) is 2.45. The van der Waals surface area contributed by atoms with Gasteiger partial charge in [0, 0.05) is 5.75 Å². The molecular weight excluding hydrogens is 238 g/mol. The molecular formula is C16H24NS. The standard InChI is InChI=1S/C16H24NS/c1-3-9-16(10-4-1)15-18-14-8-7-13-17-11-5-2-6-12-17/h1-4,9-10H,5-8,11-15H2. The van der Waals surface area contributed by atoms with Gasteiger partial charge in [0.25, 0.3) is 0 Å². The molecule has 0 unspecified atom stereocenters. The van der Waals surface area contributed by atoms with E-state index in [1.165, 1.54) is 62.4 Å². The summed E-state index contributed by atoms with van der Waals surface area (Å²) in [5, 5.41) is 0. The lowest BCUT2D eigenvalue weighted by molar-refractivity contribution is 0.251. The number of hydrogen-bond acceptors (Lipinski definition) is 2. The van der Waals surface area contributed by atoms with E-state index < -0.39 is 0 Å². The highest BCUT2D eigenvalue weighted by molar-refractivity contribution is 7.98. The largest absolute Gasteiger partial charge is 0.303 e. The fourth-order valence-electron chi connectivity index (χ4n) is 2.33. The van der Waals surface area contributed by atoms with Gasteiger partial charge in [-0.05, 0) is 63.1 Å². The molecule has 1 nitrogen and oxygen atoms in total. The summed E-state index contributed by atoms with van der Waals surface area (Å²) in [6.45, 7) is 3.88. The van der Waals surface area contributed by atoms with Gasteiger partial charge in [-0.2, -0.15) is 11.8 Å². The average molecular weight is 262 g/mol. The third kappa shape index (κ3) is 5.45. The van der Waals surface area contributed by atoms with Crippen LogP contribution >= 0.6 is 11.8 Å². The van der Waals surface area contributed by atoms with E-state index in [1.807, 2.05) is 0 Å². The normalized spacial score (nSPS) is 16.9. The van der Waals surface area contributed by atoms with Crippen LogP contribution in [0, 0.1) is 6.42 Å². The molecule has 0 N–H and O–H groups in total. The molecule has 1 aromatic carbocycles. The highest BCUT2D eigenvalue weighted by Crippen LogP contribution is 2.14. The molecule has 0 bridgehead atoms. The monoisotopic (exact) mass is 262 g/mol. The van der Waals surface area contributed by atoms with Crippen molar-refractivity contribution in [2.75, 3.05) is 25.4 Å². The van der Waals surface area contributed by atoms with Crippen LogP contribution < -0.4 is 0 Å². The maximum absolute atomic E-state index is 2.61. The molecule has 18 heavy (non-hydrogen) atoms. The van der Waals surface area contributed by atoms with E-state index in [4.69, 9.17) is 0 Å². The Balaban J connectivity index is 1.46. The molecule has 0 atom stereocenters. The Bertz CT molecular complexity index is 306. The number of nitrogens with zero attached hydrogens (tertiary/aromatic N) is 1. The van der Waals surface area contributed by atoms with Crippen molar-refractivity contribution in [3.05, 3.63) is 42.3 Å². The van der Waals surface area contributed by atoms with Crippen LogP contribution in [0.5, 0.6) is 0 Å². The number of piperidine rings is 1. The van der Waals surface area contributed by atoms with Gasteiger partial charge in [0.15, 0.2) is 0 Å². The fraction of sp³-hybridized carbons (Fsp3) is 0.562. The van der Waals surface area contributed by atoms with Gasteiger partial charge < -0.3 is 4.90 Å². The van der Waals surface area contributed by atoms with Gasteiger partial charge in [-0.1, -0.05) is 30.3 Å². The molecule has 1 aliphatic rings. The number of rotatable bonds is 7. The summed E-state index contributed by atoms with van der Waals surface area (Å²) >= 11 is 2.07. The van der Waals surface area contributed by atoms with Crippen LogP contribution in [0.25, 0.3) is 0 Å². The topological polar surface area (TPSA) is 3.24 Å². The third-order valence-corrected chi connectivity index (χ3v) is 4.54. The molecule has 1 fully saturated rings. The zero-order chi connectivity index (χ0) is 12.5. The summed E-state index contributed by atoms with van der Waals surface area (Å²) in [6.07, 6.45) is 7.73. The van der Waals surface area contributed by atoms with Crippen molar-refractivity contribution < 1.29 is 0 Å². The molecule has 1 radical (unpaired) electrons. The Labute approximate surface area is 116 Å². The van der Waals surface area contributed by atoms with E-state index in [2.05, 4.69) is 53.4 Å². The molecule has 0 saturated carbocycles. The molecule has 1 aromatic rings. The second kappa shape index (κ2) is 8.60. The van der Waals surface area contributed by atoms with E-state index in [1.54, 1.807) is 0 Å². The fourth-order valence-corrected chi connectivity index (χ4v) is 3.31. The predicted molar refractivity (Wildman–Crippen MR) is 81.8 cm³/mol. The molecule has 0 spiro atoms. The number of hydrogen-bond donors (Lipinski definition) is 0. The molecule has 1 aliphatic heterocycles. The highest BCUT2D eigenvalue weighted by atomic mass is 32.2. The van der Waals surface area contributed by atoms with Gasteiger partial charge >= 0.3 is 0 Å². The van der Waals surface area contributed by atoms with Gasteiger partial charge in [-0.25, -0.2) is 0 Å². The van der Waals surface area contributed by atoms with Crippen molar-refractivity contribution in [1.82, 2.24) is 4.90 Å². The number of benzene rings is 1. The van der Waals surface area contributed by atoms with Crippen LogP contribution in [-0.2, 0) is 5.75 Å². The van der Waals surface area contributed by atoms with Gasteiger partial charge in [0.2, 0.25) is 0 Å². The van der Waals surface area contributed by atoms with Crippen molar-refractivity contribution in [2.24, 2.45) is 0 Å². The van der Waals surface area contributed by atoms with Crippen molar-refractivity contribution in [3.8, 4) is 0 Å². The van der Waals surface area contributed by atoms with Crippen LogP contribution in [0.3, 0.4) is 0 Å². The molecule has 2 heteroatoms. The maximum Gasteiger partial charge on any atom is 0.0184 e. The minimum atomic E-state index is 1.17. The van der Waals surface area contributed by atoms with Crippen LogP contribution in [-0.4, -0.2) is 30.3 Å². The molecule has 99 valence electrons. The minimum Gasteiger partial charge on any atom is -0.303 e. The summed E-state index contributed by atoms with van der Waals surface area (Å²) in [4.78, 5) is 2.61. The molecule has 0 amide bonds. The van der Waals surface area contributed by atoms with E-state index in [0.29, 0.717) is 0 Å². The van der Waals surface area contributed by atoms with E-state index in [0.717, 1.165) is 0 Å². The van der Waals surface area contributed by atoms with E-state index in [9.17, 15) is 0 Å². The van der Waals surface area contributed by atoms with Crippen LogP contribution in [0.15, 0.2) is 30.3 Å². The Morgan fingerprint density at radius 1 is 1.00 bits per heavy atom. The Kier molecular flexibility index (Phi) is 6.67. The highest BCUT2D eigenvalue weighted by Gasteiger charge is 2.08. The minimum absolute atomic E-state index is 1.17. The summed E-state index contributed by atoms with van der Waals surface area (Å²) in [7, 11) is 0. The third-order valence-electron chi connectivity index (χ3n) is 3.42. The first-order valence-electron chi connectivity index (χ1n) is 7.11. The lowest BCUT2D eigenvalue weighted by atomic mass is 10.1. The van der Waals surface area contributed by atoms with E-state index in [-0.39, 0.29) is 0 Å². The van der Waals surface area contributed by atoms with Gasteiger partial charge in [-0.3, -0.25) is 0 Å². The summed E-state index contributed by atoms with van der Waals surface area (Å²) in [5.41, 5.74) is 1.45. The van der Waals surface area contributed by atoms with E-state index >= 15 is 0 Å². The smallest absolute Gasteiger partial charge is 0.0184 e. The lowest BCUT2D eigenvalue weighted by Crippen LogP contribution is -2.30. The summed E-state index contributed by atoms with van der Waals surface area (Å²) in [5.74, 6) is 2.47. The van der Waals surface area contributed by atoms with Crippen molar-refractivity contribution in [3.63, 3.8) is 0 Å². The Morgan fingerprint density at radius 3 is 2.56 bits per heavy atom. The zero-order valence-corrected chi connectivity index (χ0v) is 12.0. The molecule has 2 rings (SSSR count). The van der Waals surface area contributed by atoms with Crippen LogP contribution in [0.1, 0.15) is 31.2 Å². The SMILES string of the molecule is [CH]1CCN(CCCCSCc2ccccc2)CC1. The molecule has 0 aromatic heterocycles. The number of likely N-dealkylation sites (tertiary alicyclic amines) is 1. The van der Waals surface area contributed by atoms with Crippen LogP contribution in [0.4, 0.5) is 0 Å². The maximum atomic E-state index is 2.61. The second-order valence-electron chi connectivity index (χ2n) is 4.95. The Morgan fingerprint density at radius 2 is 1.78 bits per heavy atom.